The molecule has 1 unspecified atom stereocenters. The van der Waals surface area contributed by atoms with Crippen LogP contribution < -0.4 is 5.32 Å². The van der Waals surface area contributed by atoms with Crippen LogP contribution in [-0.2, 0) is 14.8 Å². The number of hydrogen-bond acceptors (Lipinski definition) is 4. The molecule has 1 aromatic rings. The highest BCUT2D eigenvalue weighted by atomic mass is 127. The lowest BCUT2D eigenvalue weighted by atomic mass is 9.98. The summed E-state index contributed by atoms with van der Waals surface area (Å²) in [5.41, 5.74) is 1.34. The number of halogens is 1. The minimum atomic E-state index is -3.27. The number of guanidine groups is 1. The molecule has 7 nitrogen and oxygen atoms in total. The van der Waals surface area contributed by atoms with Gasteiger partial charge in [-0.25, -0.2) is 8.42 Å². The summed E-state index contributed by atoms with van der Waals surface area (Å²) in [4.78, 5) is 6.51. The van der Waals surface area contributed by atoms with Crippen molar-refractivity contribution in [3.05, 3.63) is 35.9 Å². The van der Waals surface area contributed by atoms with Gasteiger partial charge in [0.15, 0.2) is 5.96 Å². The zero-order valence-corrected chi connectivity index (χ0v) is 21.7. The summed E-state index contributed by atoms with van der Waals surface area (Å²) in [5.74, 6) is 1.34. The van der Waals surface area contributed by atoms with Gasteiger partial charge in [-0.1, -0.05) is 37.3 Å². The number of hydrogen-bond donors (Lipinski definition) is 1. The molecule has 0 spiro atoms. The van der Waals surface area contributed by atoms with Crippen LogP contribution in [0.4, 0.5) is 0 Å². The number of ether oxygens (including phenoxy) is 1. The molecule has 1 saturated heterocycles. The Balaban J connectivity index is 0.00000450. The number of benzene rings is 1. The molecule has 1 N–H and O–H groups in total. The van der Waals surface area contributed by atoms with Crippen LogP contribution in [-0.4, -0.2) is 81.8 Å². The van der Waals surface area contributed by atoms with E-state index < -0.39 is 10.0 Å². The fraction of sp³-hybridized carbons (Fsp3) is 0.667. The SMILES string of the molecule is CN=C(NCCC(C)c1ccccc1)N1CCN(S(=O)(=O)CCOC(C)C)CC1.I. The van der Waals surface area contributed by atoms with Crippen molar-refractivity contribution in [2.75, 3.05) is 52.1 Å². The van der Waals surface area contributed by atoms with Gasteiger partial charge in [-0.3, -0.25) is 4.99 Å². The van der Waals surface area contributed by atoms with Crippen LogP contribution in [0.15, 0.2) is 35.3 Å². The van der Waals surface area contributed by atoms with E-state index in [1.165, 1.54) is 5.56 Å². The maximum absolute atomic E-state index is 12.5. The Kier molecular flexibility index (Phi) is 12.2. The highest BCUT2D eigenvalue weighted by Gasteiger charge is 2.28. The molecule has 0 aliphatic carbocycles. The number of sulfonamides is 1. The average Bonchev–Trinajstić information content (AvgIpc) is 2.71. The fourth-order valence-electron chi connectivity index (χ4n) is 3.38. The second-order valence-corrected chi connectivity index (χ2v) is 9.78. The quantitative estimate of drug-likeness (QED) is 0.290. The van der Waals surface area contributed by atoms with Crippen LogP contribution in [0.5, 0.6) is 0 Å². The Morgan fingerprint density at radius 3 is 2.33 bits per heavy atom. The predicted molar refractivity (Wildman–Crippen MR) is 134 cm³/mol. The second kappa shape index (κ2) is 13.5. The van der Waals surface area contributed by atoms with E-state index >= 15 is 0 Å². The predicted octanol–water partition coefficient (Wildman–Crippen LogP) is 2.75. The van der Waals surface area contributed by atoms with E-state index in [0.717, 1.165) is 18.9 Å². The summed E-state index contributed by atoms with van der Waals surface area (Å²) in [6.07, 6.45) is 1.05. The lowest BCUT2D eigenvalue weighted by Crippen LogP contribution is -2.54. The first-order valence-corrected chi connectivity index (χ1v) is 12.0. The maximum atomic E-state index is 12.5. The van der Waals surface area contributed by atoms with E-state index in [0.29, 0.717) is 32.1 Å². The Morgan fingerprint density at radius 2 is 1.77 bits per heavy atom. The van der Waals surface area contributed by atoms with Crippen LogP contribution in [0.25, 0.3) is 0 Å². The summed E-state index contributed by atoms with van der Waals surface area (Å²) < 4.78 is 31.9. The Bertz CT molecular complexity index is 736. The monoisotopic (exact) mass is 552 g/mol. The molecule has 9 heteroatoms. The van der Waals surface area contributed by atoms with Crippen LogP contribution in [0.2, 0.25) is 0 Å². The Hall–Kier alpha value is -0.910. The van der Waals surface area contributed by atoms with Gasteiger partial charge in [0, 0.05) is 39.8 Å². The summed E-state index contributed by atoms with van der Waals surface area (Å²) in [6, 6.07) is 10.5. The minimum absolute atomic E-state index is 0. The van der Waals surface area contributed by atoms with Crippen molar-refractivity contribution in [3.8, 4) is 0 Å². The van der Waals surface area contributed by atoms with Crippen LogP contribution >= 0.6 is 24.0 Å². The fourth-order valence-corrected chi connectivity index (χ4v) is 4.66. The molecule has 0 amide bonds. The molecule has 1 atom stereocenters. The molecule has 1 heterocycles. The molecule has 2 rings (SSSR count). The Morgan fingerprint density at radius 1 is 1.13 bits per heavy atom. The van der Waals surface area contributed by atoms with Crippen molar-refractivity contribution in [1.82, 2.24) is 14.5 Å². The van der Waals surface area contributed by atoms with Crippen molar-refractivity contribution in [2.45, 2.75) is 39.2 Å². The third-order valence-electron chi connectivity index (χ3n) is 5.16. The van der Waals surface area contributed by atoms with Crippen LogP contribution in [0.3, 0.4) is 0 Å². The van der Waals surface area contributed by atoms with Crippen molar-refractivity contribution in [1.29, 1.82) is 0 Å². The molecule has 1 aliphatic rings. The van der Waals surface area contributed by atoms with Gasteiger partial charge in [0.2, 0.25) is 10.0 Å². The molecule has 172 valence electrons. The van der Waals surface area contributed by atoms with E-state index in [1.807, 2.05) is 19.9 Å². The zero-order valence-electron chi connectivity index (χ0n) is 18.6. The molecular formula is C21H37IN4O3S. The largest absolute Gasteiger partial charge is 0.378 e. The molecule has 30 heavy (non-hydrogen) atoms. The van der Waals surface area contributed by atoms with E-state index in [2.05, 4.69) is 46.4 Å². The minimum Gasteiger partial charge on any atom is -0.378 e. The average molecular weight is 553 g/mol. The molecule has 1 aromatic carbocycles. The van der Waals surface area contributed by atoms with Gasteiger partial charge in [-0.05, 0) is 31.7 Å². The number of piperazine rings is 1. The van der Waals surface area contributed by atoms with Gasteiger partial charge in [-0.15, -0.1) is 24.0 Å². The van der Waals surface area contributed by atoms with Gasteiger partial charge in [0.1, 0.15) is 0 Å². The topological polar surface area (TPSA) is 74.2 Å². The van der Waals surface area contributed by atoms with E-state index in [9.17, 15) is 8.42 Å². The van der Waals surface area contributed by atoms with E-state index in [-0.39, 0.29) is 42.4 Å². The van der Waals surface area contributed by atoms with Crippen LogP contribution in [0, 0.1) is 0 Å². The summed E-state index contributed by atoms with van der Waals surface area (Å²) in [6.45, 7) is 9.34. The first kappa shape index (κ1) is 27.1. The number of nitrogens with zero attached hydrogens (tertiary/aromatic N) is 3. The standard InChI is InChI=1S/C21H36N4O3S.HI/c1-18(2)28-16-17-29(26,27)25-14-12-24(13-15-25)21(22-4)23-11-10-19(3)20-8-6-5-7-9-20;/h5-9,18-19H,10-17H2,1-4H3,(H,22,23);1H. The third kappa shape index (κ3) is 8.68. The lowest BCUT2D eigenvalue weighted by molar-refractivity contribution is 0.0904. The van der Waals surface area contributed by atoms with Crippen molar-refractivity contribution in [3.63, 3.8) is 0 Å². The van der Waals surface area contributed by atoms with E-state index in [4.69, 9.17) is 4.74 Å². The van der Waals surface area contributed by atoms with Crippen molar-refractivity contribution in [2.24, 2.45) is 4.99 Å². The van der Waals surface area contributed by atoms with Gasteiger partial charge in [0.25, 0.3) is 0 Å². The first-order valence-electron chi connectivity index (χ1n) is 10.4. The highest BCUT2D eigenvalue weighted by Crippen LogP contribution is 2.17. The lowest BCUT2D eigenvalue weighted by Gasteiger charge is -2.36. The molecule has 1 aliphatic heterocycles. The zero-order chi connectivity index (χ0) is 21.3. The third-order valence-corrected chi connectivity index (χ3v) is 7.00. The second-order valence-electron chi connectivity index (χ2n) is 7.70. The summed E-state index contributed by atoms with van der Waals surface area (Å²) in [7, 11) is -1.50. The van der Waals surface area contributed by atoms with E-state index in [1.54, 1.807) is 11.4 Å². The van der Waals surface area contributed by atoms with Gasteiger partial charge < -0.3 is 15.0 Å². The number of rotatable bonds is 9. The molecular weight excluding hydrogens is 515 g/mol. The normalized spacial score (nSPS) is 17.0. The molecule has 0 aromatic heterocycles. The number of aliphatic imine (C=N–C) groups is 1. The number of nitrogens with one attached hydrogen (secondary N) is 1. The van der Waals surface area contributed by atoms with Gasteiger partial charge in [0.05, 0.1) is 18.5 Å². The summed E-state index contributed by atoms with van der Waals surface area (Å²) in [5, 5.41) is 3.43. The molecule has 0 saturated carbocycles. The maximum Gasteiger partial charge on any atom is 0.216 e. The van der Waals surface area contributed by atoms with Crippen molar-refractivity contribution < 1.29 is 13.2 Å². The highest BCUT2D eigenvalue weighted by molar-refractivity contribution is 14.0. The van der Waals surface area contributed by atoms with Crippen LogP contribution in [0.1, 0.15) is 38.7 Å². The van der Waals surface area contributed by atoms with Gasteiger partial charge in [-0.2, -0.15) is 4.31 Å². The van der Waals surface area contributed by atoms with Gasteiger partial charge >= 0.3 is 0 Å². The molecule has 1 fully saturated rings. The summed E-state index contributed by atoms with van der Waals surface area (Å²) >= 11 is 0. The smallest absolute Gasteiger partial charge is 0.216 e. The first-order chi connectivity index (χ1) is 13.8. The molecule has 0 bridgehead atoms. The van der Waals surface area contributed by atoms with Crippen molar-refractivity contribution >= 4 is 40.0 Å². The Labute approximate surface area is 199 Å². The molecule has 0 radical (unpaired) electrons.